The van der Waals surface area contributed by atoms with Gasteiger partial charge in [-0.2, -0.15) is 0 Å². The van der Waals surface area contributed by atoms with Crippen molar-refractivity contribution in [3.63, 3.8) is 0 Å². The molecule has 1 aliphatic carbocycles. The molecule has 4 rings (SSSR count). The molecule has 30 heavy (non-hydrogen) atoms. The molecule has 1 aromatic carbocycles. The van der Waals surface area contributed by atoms with Crippen LogP contribution in [0.15, 0.2) is 33.8 Å². The largest absolute Gasteiger partial charge is 0.436 e. The van der Waals surface area contributed by atoms with E-state index >= 15 is 0 Å². The third-order valence-corrected chi connectivity index (χ3v) is 6.16. The normalized spacial score (nSPS) is 22.6. The number of piperidine rings is 1. The number of para-hydroxylation sites is 2. The predicted octanol–water partition coefficient (Wildman–Crippen LogP) is 4.80. The SMILES string of the molecule is CC(C)(C)C(=O)/C(=N\OC(=O)N1CCC2CCCCC2C1)c1nc2ccccc2o1. The molecule has 1 aromatic heterocycles. The van der Waals surface area contributed by atoms with Gasteiger partial charge < -0.3 is 9.32 Å². The second-order valence-electron chi connectivity index (χ2n) is 9.40. The number of Topliss-reactive ketones (excluding diaryl/α,β-unsaturated/α-hetero) is 1. The van der Waals surface area contributed by atoms with Crippen LogP contribution < -0.4 is 0 Å². The minimum absolute atomic E-state index is 0.0647. The van der Waals surface area contributed by atoms with E-state index in [1.54, 1.807) is 37.8 Å². The van der Waals surface area contributed by atoms with Crippen molar-refractivity contribution in [2.24, 2.45) is 22.4 Å². The number of ketones is 1. The molecule has 160 valence electrons. The Hall–Kier alpha value is -2.70. The van der Waals surface area contributed by atoms with E-state index in [1.807, 2.05) is 12.1 Å². The van der Waals surface area contributed by atoms with Crippen LogP contribution in [0.1, 0.15) is 58.8 Å². The minimum atomic E-state index is -0.730. The Morgan fingerprint density at radius 3 is 2.60 bits per heavy atom. The molecule has 1 saturated carbocycles. The number of nitrogens with zero attached hydrogens (tertiary/aromatic N) is 3. The van der Waals surface area contributed by atoms with E-state index in [0.29, 0.717) is 36.0 Å². The Bertz CT molecular complexity index is 939. The maximum atomic E-state index is 13.0. The lowest BCUT2D eigenvalue weighted by atomic mass is 9.75. The Morgan fingerprint density at radius 1 is 1.13 bits per heavy atom. The maximum absolute atomic E-state index is 13.0. The highest BCUT2D eigenvalue weighted by Crippen LogP contribution is 2.36. The van der Waals surface area contributed by atoms with Gasteiger partial charge in [-0.3, -0.25) is 9.63 Å². The van der Waals surface area contributed by atoms with Crippen molar-refractivity contribution in [3.8, 4) is 0 Å². The Balaban J connectivity index is 1.54. The fraction of sp³-hybridized carbons (Fsp3) is 0.565. The summed E-state index contributed by atoms with van der Waals surface area (Å²) in [6, 6.07) is 7.23. The number of rotatable bonds is 3. The van der Waals surface area contributed by atoms with Gasteiger partial charge in [-0.25, -0.2) is 9.78 Å². The highest BCUT2D eigenvalue weighted by Gasteiger charge is 2.35. The Labute approximate surface area is 176 Å². The molecule has 7 heteroatoms. The van der Waals surface area contributed by atoms with E-state index in [1.165, 1.54) is 19.3 Å². The van der Waals surface area contributed by atoms with Crippen molar-refractivity contribution in [1.29, 1.82) is 0 Å². The van der Waals surface area contributed by atoms with Crippen LogP contribution in [0.5, 0.6) is 0 Å². The minimum Gasteiger partial charge on any atom is -0.435 e. The summed E-state index contributed by atoms with van der Waals surface area (Å²) in [5.74, 6) is 1.02. The van der Waals surface area contributed by atoms with E-state index in [-0.39, 0.29) is 17.4 Å². The molecular formula is C23H29N3O4. The standard InChI is InChI=1S/C23H29N3O4/c1-23(2,3)20(27)19(21-24-17-10-6-7-11-18(17)29-21)25-30-22(28)26-13-12-15-8-4-5-9-16(15)14-26/h6-7,10-11,15-16H,4-5,8-9,12-14H2,1-3H3/b25-19+. The second kappa shape index (κ2) is 8.20. The van der Waals surface area contributed by atoms with E-state index in [2.05, 4.69) is 10.1 Å². The van der Waals surface area contributed by atoms with Gasteiger partial charge in [0.25, 0.3) is 5.89 Å². The zero-order chi connectivity index (χ0) is 21.3. The molecule has 2 aliphatic rings. The lowest BCUT2D eigenvalue weighted by Gasteiger charge is -2.40. The lowest BCUT2D eigenvalue weighted by Crippen LogP contribution is -2.44. The van der Waals surface area contributed by atoms with Gasteiger partial charge in [0.2, 0.25) is 5.71 Å². The fourth-order valence-corrected chi connectivity index (χ4v) is 4.42. The summed E-state index contributed by atoms with van der Waals surface area (Å²) < 4.78 is 5.73. The molecule has 2 fully saturated rings. The number of hydrogen-bond donors (Lipinski definition) is 0. The van der Waals surface area contributed by atoms with Gasteiger partial charge in [-0.05, 0) is 36.8 Å². The van der Waals surface area contributed by atoms with E-state index in [4.69, 9.17) is 9.25 Å². The van der Waals surface area contributed by atoms with Gasteiger partial charge in [-0.15, -0.1) is 0 Å². The van der Waals surface area contributed by atoms with E-state index < -0.39 is 11.5 Å². The number of carbonyl (C=O) groups excluding carboxylic acids is 2. The number of fused-ring (bicyclic) bond motifs is 2. The molecule has 2 heterocycles. The molecule has 7 nitrogen and oxygen atoms in total. The van der Waals surface area contributed by atoms with Crippen LogP contribution >= 0.6 is 0 Å². The van der Waals surface area contributed by atoms with Gasteiger partial charge in [0.15, 0.2) is 11.4 Å². The summed E-state index contributed by atoms with van der Waals surface area (Å²) in [6.07, 6.45) is 5.42. The quantitative estimate of drug-likeness (QED) is 0.412. The van der Waals surface area contributed by atoms with Crippen LogP contribution in [0, 0.1) is 17.3 Å². The van der Waals surface area contributed by atoms with Crippen molar-refractivity contribution in [1.82, 2.24) is 9.88 Å². The van der Waals surface area contributed by atoms with E-state index in [0.717, 1.165) is 12.8 Å². The first-order valence-corrected chi connectivity index (χ1v) is 10.8. The van der Waals surface area contributed by atoms with Gasteiger partial charge in [0.05, 0.1) is 0 Å². The Kier molecular flexibility index (Phi) is 5.62. The van der Waals surface area contributed by atoms with Crippen molar-refractivity contribution in [3.05, 3.63) is 30.2 Å². The first kappa shape index (κ1) is 20.6. The smallest absolute Gasteiger partial charge is 0.435 e. The number of likely N-dealkylation sites (tertiary alicyclic amines) is 1. The Morgan fingerprint density at radius 2 is 1.87 bits per heavy atom. The highest BCUT2D eigenvalue weighted by molar-refractivity contribution is 6.46. The molecule has 0 spiro atoms. The molecule has 1 amide bonds. The average molecular weight is 412 g/mol. The van der Waals surface area contributed by atoms with Crippen molar-refractivity contribution < 1.29 is 18.8 Å². The van der Waals surface area contributed by atoms with Crippen molar-refractivity contribution in [2.45, 2.75) is 52.9 Å². The summed E-state index contributed by atoms with van der Waals surface area (Å²) in [5, 5.41) is 3.95. The first-order valence-electron chi connectivity index (χ1n) is 10.8. The summed E-state index contributed by atoms with van der Waals surface area (Å²) in [4.78, 5) is 37.0. The van der Waals surface area contributed by atoms with Crippen molar-refractivity contribution in [2.75, 3.05) is 13.1 Å². The summed E-state index contributed by atoms with van der Waals surface area (Å²) in [7, 11) is 0. The monoisotopic (exact) mass is 411 g/mol. The highest BCUT2D eigenvalue weighted by atomic mass is 16.7. The lowest BCUT2D eigenvalue weighted by molar-refractivity contribution is -0.119. The van der Waals surface area contributed by atoms with Gasteiger partial charge in [0, 0.05) is 18.5 Å². The summed E-state index contributed by atoms with van der Waals surface area (Å²) in [6.45, 7) is 6.71. The molecule has 0 N–H and O–H groups in total. The van der Waals surface area contributed by atoms with Gasteiger partial charge in [0.1, 0.15) is 5.52 Å². The first-order chi connectivity index (χ1) is 14.3. The number of benzene rings is 1. The number of amides is 1. The number of oxime groups is 1. The summed E-state index contributed by atoms with van der Waals surface area (Å²) in [5.41, 5.74) is 0.367. The number of oxazole rings is 1. The third-order valence-electron chi connectivity index (χ3n) is 6.16. The molecule has 2 aromatic rings. The summed E-state index contributed by atoms with van der Waals surface area (Å²) >= 11 is 0. The topological polar surface area (TPSA) is 85.0 Å². The fourth-order valence-electron chi connectivity index (χ4n) is 4.42. The second-order valence-corrected chi connectivity index (χ2v) is 9.40. The van der Waals surface area contributed by atoms with Crippen LogP contribution in [0.2, 0.25) is 0 Å². The average Bonchev–Trinajstić information content (AvgIpc) is 3.16. The molecule has 2 atom stereocenters. The molecule has 1 aliphatic heterocycles. The van der Waals surface area contributed by atoms with Crippen LogP contribution in [-0.4, -0.2) is 40.6 Å². The van der Waals surface area contributed by atoms with Crippen LogP contribution in [0.25, 0.3) is 11.1 Å². The number of aromatic nitrogens is 1. The third kappa shape index (κ3) is 4.25. The van der Waals surface area contributed by atoms with Gasteiger partial charge in [-0.1, -0.05) is 57.3 Å². The van der Waals surface area contributed by atoms with Crippen LogP contribution in [0.3, 0.4) is 0 Å². The molecular weight excluding hydrogens is 382 g/mol. The zero-order valence-corrected chi connectivity index (χ0v) is 17.9. The van der Waals surface area contributed by atoms with E-state index in [9.17, 15) is 9.59 Å². The maximum Gasteiger partial charge on any atom is 0.436 e. The molecule has 2 unspecified atom stereocenters. The van der Waals surface area contributed by atoms with Crippen LogP contribution in [-0.2, 0) is 9.63 Å². The zero-order valence-electron chi connectivity index (χ0n) is 17.9. The number of hydrogen-bond acceptors (Lipinski definition) is 6. The predicted molar refractivity (Wildman–Crippen MR) is 113 cm³/mol. The number of carbonyl (C=O) groups is 2. The van der Waals surface area contributed by atoms with Crippen LogP contribution in [0.4, 0.5) is 4.79 Å². The molecule has 1 saturated heterocycles. The van der Waals surface area contributed by atoms with Gasteiger partial charge >= 0.3 is 6.09 Å². The molecule has 0 radical (unpaired) electrons. The molecule has 0 bridgehead atoms. The van der Waals surface area contributed by atoms with Crippen molar-refractivity contribution >= 4 is 28.7 Å².